The van der Waals surface area contributed by atoms with Gasteiger partial charge in [0.05, 0.1) is 11.2 Å². The number of piperidine rings is 1. The molecule has 0 saturated carbocycles. The summed E-state index contributed by atoms with van der Waals surface area (Å²) >= 11 is 0. The number of fused-ring (bicyclic) bond motifs is 1. The van der Waals surface area contributed by atoms with Crippen LogP contribution in [0.15, 0.2) is 72.8 Å². The number of amides is 1. The third kappa shape index (κ3) is 4.97. The van der Waals surface area contributed by atoms with E-state index in [0.29, 0.717) is 16.8 Å². The maximum absolute atomic E-state index is 14.0. The molecule has 6 heteroatoms. The van der Waals surface area contributed by atoms with E-state index in [1.165, 1.54) is 31.4 Å². The van der Waals surface area contributed by atoms with E-state index in [-0.39, 0.29) is 11.5 Å². The van der Waals surface area contributed by atoms with Crippen LogP contribution < -0.4 is 5.32 Å². The summed E-state index contributed by atoms with van der Waals surface area (Å²) in [5.41, 5.74) is 3.95. The molecule has 1 aliphatic heterocycles. The maximum Gasteiger partial charge on any atom is 0.255 e. The van der Waals surface area contributed by atoms with E-state index in [1.54, 1.807) is 24.3 Å². The van der Waals surface area contributed by atoms with Gasteiger partial charge in [0.2, 0.25) is 0 Å². The topological polar surface area (TPSA) is 45.2 Å². The minimum Gasteiger partial charge on any atom is -0.322 e. The third-order valence-corrected chi connectivity index (χ3v) is 6.23. The number of carbonyl (C=O) groups excluding carboxylic acids is 1. The van der Waals surface area contributed by atoms with E-state index in [4.69, 9.17) is 4.98 Å². The number of anilines is 1. The van der Waals surface area contributed by atoms with Gasteiger partial charge in [-0.3, -0.25) is 14.7 Å². The Morgan fingerprint density at radius 2 is 1.68 bits per heavy atom. The van der Waals surface area contributed by atoms with Gasteiger partial charge in [-0.2, -0.15) is 0 Å². The lowest BCUT2D eigenvalue weighted by Crippen LogP contribution is -2.29. The van der Waals surface area contributed by atoms with Crippen LogP contribution >= 0.6 is 0 Å². The molecule has 1 N–H and O–H groups in total. The minimum absolute atomic E-state index is 0.264. The van der Waals surface area contributed by atoms with Crippen molar-refractivity contribution in [2.45, 2.75) is 25.8 Å². The Morgan fingerprint density at radius 1 is 0.882 bits per heavy atom. The van der Waals surface area contributed by atoms with E-state index in [2.05, 4.69) is 16.3 Å². The summed E-state index contributed by atoms with van der Waals surface area (Å²) in [6.45, 7) is 3.13. The number of aromatic nitrogens is 1. The molecule has 0 radical (unpaired) electrons. The van der Waals surface area contributed by atoms with Crippen molar-refractivity contribution in [1.29, 1.82) is 0 Å². The zero-order valence-corrected chi connectivity index (χ0v) is 18.7. The lowest BCUT2D eigenvalue weighted by Gasteiger charge is -2.26. The van der Waals surface area contributed by atoms with E-state index < -0.39 is 11.6 Å². The van der Waals surface area contributed by atoms with Crippen molar-refractivity contribution in [2.24, 2.45) is 0 Å². The molecule has 1 aliphatic rings. The van der Waals surface area contributed by atoms with Crippen molar-refractivity contribution in [3.8, 4) is 11.1 Å². The van der Waals surface area contributed by atoms with Gasteiger partial charge in [0.25, 0.3) is 5.91 Å². The van der Waals surface area contributed by atoms with Crippen molar-refractivity contribution in [2.75, 3.05) is 18.4 Å². The Bertz CT molecular complexity index is 1330. The van der Waals surface area contributed by atoms with Crippen molar-refractivity contribution < 1.29 is 13.6 Å². The molecule has 34 heavy (non-hydrogen) atoms. The number of likely N-dealkylation sites (tertiary alicyclic amines) is 1. The maximum atomic E-state index is 14.0. The van der Waals surface area contributed by atoms with Gasteiger partial charge in [-0.05, 0) is 80.0 Å². The fraction of sp³-hybridized carbons (Fsp3) is 0.214. The second-order valence-corrected chi connectivity index (χ2v) is 8.70. The largest absolute Gasteiger partial charge is 0.322 e. The number of nitrogens with zero attached hydrogens (tertiary/aromatic N) is 2. The highest BCUT2D eigenvalue weighted by Crippen LogP contribution is 2.25. The number of hydrogen-bond acceptors (Lipinski definition) is 3. The second kappa shape index (κ2) is 9.69. The highest BCUT2D eigenvalue weighted by molar-refractivity contribution is 6.05. The predicted octanol–water partition coefficient (Wildman–Crippen LogP) is 6.42. The van der Waals surface area contributed by atoms with Crippen molar-refractivity contribution in [3.05, 3.63) is 95.7 Å². The third-order valence-electron chi connectivity index (χ3n) is 6.23. The van der Waals surface area contributed by atoms with Gasteiger partial charge in [-0.15, -0.1) is 0 Å². The number of halogens is 2. The number of carbonyl (C=O) groups is 1. The fourth-order valence-electron chi connectivity index (χ4n) is 4.41. The molecule has 1 aromatic heterocycles. The molecule has 0 spiro atoms. The van der Waals surface area contributed by atoms with Crippen molar-refractivity contribution in [1.82, 2.24) is 9.88 Å². The van der Waals surface area contributed by atoms with E-state index >= 15 is 0 Å². The van der Waals surface area contributed by atoms with Crippen LogP contribution in [0.1, 0.15) is 35.3 Å². The Labute approximate surface area is 197 Å². The molecule has 4 aromatic rings. The van der Waals surface area contributed by atoms with Gasteiger partial charge in [-0.25, -0.2) is 8.78 Å². The molecule has 4 nitrogen and oxygen atoms in total. The number of rotatable bonds is 5. The molecule has 5 rings (SSSR count). The smallest absolute Gasteiger partial charge is 0.255 e. The number of hydrogen-bond donors (Lipinski definition) is 1. The minimum atomic E-state index is -0.638. The second-order valence-electron chi connectivity index (χ2n) is 8.70. The van der Waals surface area contributed by atoms with E-state index in [9.17, 15) is 13.6 Å². The first-order valence-corrected chi connectivity index (χ1v) is 11.5. The monoisotopic (exact) mass is 457 g/mol. The average Bonchev–Trinajstić information content (AvgIpc) is 2.85. The molecular formula is C28H25F2N3O. The molecule has 3 aromatic carbocycles. The van der Waals surface area contributed by atoms with Gasteiger partial charge in [0.15, 0.2) is 0 Å². The highest BCUT2D eigenvalue weighted by atomic mass is 19.1. The number of nitrogens with one attached hydrogen (secondary N) is 1. The first-order chi connectivity index (χ1) is 16.5. The molecular weight excluding hydrogens is 432 g/mol. The zero-order chi connectivity index (χ0) is 23.5. The van der Waals surface area contributed by atoms with E-state index in [0.717, 1.165) is 42.3 Å². The highest BCUT2D eigenvalue weighted by Gasteiger charge is 2.13. The molecule has 2 heterocycles. The molecule has 1 saturated heterocycles. The Hall–Kier alpha value is -3.64. The fourth-order valence-corrected chi connectivity index (χ4v) is 4.41. The molecule has 0 bridgehead atoms. The Kier molecular flexibility index (Phi) is 6.32. The summed E-state index contributed by atoms with van der Waals surface area (Å²) in [6.07, 6.45) is 3.82. The SMILES string of the molecule is O=C(Nc1ccc2nc(CN3CCCCC3)ccc2c1)c1ccc(-c2ccc(F)cc2F)cc1. The molecule has 0 unspecified atom stereocenters. The van der Waals surface area contributed by atoms with Crippen molar-refractivity contribution >= 4 is 22.5 Å². The first kappa shape index (κ1) is 22.2. The summed E-state index contributed by atoms with van der Waals surface area (Å²) in [5.74, 6) is -1.53. The zero-order valence-electron chi connectivity index (χ0n) is 18.7. The molecule has 0 aliphatic carbocycles. The van der Waals surface area contributed by atoms with Crippen LogP contribution in [-0.4, -0.2) is 28.9 Å². The van der Waals surface area contributed by atoms with Gasteiger partial charge >= 0.3 is 0 Å². The van der Waals surface area contributed by atoms with E-state index in [1.807, 2.05) is 24.3 Å². The summed E-state index contributed by atoms with van der Waals surface area (Å²) in [5, 5.41) is 3.87. The van der Waals surface area contributed by atoms with Gasteiger partial charge in [-0.1, -0.05) is 24.6 Å². The van der Waals surface area contributed by atoms with Crippen molar-refractivity contribution in [3.63, 3.8) is 0 Å². The standard InChI is InChI=1S/C28H25F2N3O/c29-22-9-12-25(26(30)17-22)19-4-6-20(7-5-19)28(34)32-23-11-13-27-21(16-23)8-10-24(31-27)18-33-14-2-1-3-15-33/h4-13,16-17H,1-3,14-15,18H2,(H,32,34). The first-order valence-electron chi connectivity index (χ1n) is 11.5. The Balaban J connectivity index is 1.27. The average molecular weight is 458 g/mol. The molecule has 0 atom stereocenters. The van der Waals surface area contributed by atoms with Crippen LogP contribution in [-0.2, 0) is 6.54 Å². The lowest BCUT2D eigenvalue weighted by atomic mass is 10.0. The molecule has 1 amide bonds. The van der Waals surface area contributed by atoms with Gasteiger partial charge in [0.1, 0.15) is 11.6 Å². The normalized spacial score (nSPS) is 14.3. The quantitative estimate of drug-likeness (QED) is 0.376. The van der Waals surface area contributed by atoms with Crippen LogP contribution in [0.5, 0.6) is 0 Å². The summed E-state index contributed by atoms with van der Waals surface area (Å²) < 4.78 is 27.2. The summed E-state index contributed by atoms with van der Waals surface area (Å²) in [4.78, 5) is 20.0. The predicted molar refractivity (Wildman–Crippen MR) is 131 cm³/mol. The Morgan fingerprint density at radius 3 is 2.44 bits per heavy atom. The van der Waals surface area contributed by atoms with Crippen LogP contribution in [0.4, 0.5) is 14.5 Å². The number of benzene rings is 3. The van der Waals surface area contributed by atoms with Crippen LogP contribution in [0.3, 0.4) is 0 Å². The molecule has 1 fully saturated rings. The molecule has 172 valence electrons. The summed E-state index contributed by atoms with van der Waals surface area (Å²) in [6, 6.07) is 19.8. The van der Waals surface area contributed by atoms with Crippen LogP contribution in [0.2, 0.25) is 0 Å². The van der Waals surface area contributed by atoms with Crippen LogP contribution in [0, 0.1) is 11.6 Å². The lowest BCUT2D eigenvalue weighted by molar-refractivity contribution is 0.102. The van der Waals surface area contributed by atoms with Crippen LogP contribution in [0.25, 0.3) is 22.0 Å². The van der Waals surface area contributed by atoms with Gasteiger partial charge in [0, 0.05) is 34.8 Å². The summed E-state index contributed by atoms with van der Waals surface area (Å²) in [7, 11) is 0. The number of pyridine rings is 1. The van der Waals surface area contributed by atoms with Gasteiger partial charge < -0.3 is 5.32 Å².